The highest BCUT2D eigenvalue weighted by Gasteiger charge is 2.10. The molecule has 0 amide bonds. The third kappa shape index (κ3) is 2.14. The van der Waals surface area contributed by atoms with Crippen molar-refractivity contribution in [3.63, 3.8) is 0 Å². The molecule has 0 fully saturated rings. The number of rotatable bonds is 3. The minimum Gasteiger partial charge on any atom is -0.463 e. The third-order valence-electron chi connectivity index (χ3n) is 1.95. The van der Waals surface area contributed by atoms with Crippen LogP contribution in [-0.4, -0.2) is 11.1 Å². The summed E-state index contributed by atoms with van der Waals surface area (Å²) in [6.07, 6.45) is 2.96. The van der Waals surface area contributed by atoms with Gasteiger partial charge in [0.1, 0.15) is 11.4 Å². The number of nitro benzene ring substituents is 1. The van der Waals surface area contributed by atoms with Gasteiger partial charge in [0.25, 0.3) is 5.69 Å². The Kier molecular flexibility index (Phi) is 2.77. The standard InChI is InChI=1S/C11H8N2O3/c14-13(15)11-6-2-1-5-10(11)12-8-9-4-3-7-16-9/h1-8H. The van der Waals surface area contributed by atoms with Crippen LogP contribution in [0.1, 0.15) is 5.76 Å². The summed E-state index contributed by atoms with van der Waals surface area (Å²) >= 11 is 0. The van der Waals surface area contributed by atoms with Gasteiger partial charge in [0.15, 0.2) is 0 Å². The molecule has 0 atom stereocenters. The van der Waals surface area contributed by atoms with Crippen molar-refractivity contribution in [2.24, 2.45) is 4.99 Å². The van der Waals surface area contributed by atoms with Crippen LogP contribution < -0.4 is 0 Å². The number of para-hydroxylation sites is 2. The first-order valence-electron chi connectivity index (χ1n) is 4.58. The van der Waals surface area contributed by atoms with E-state index in [2.05, 4.69) is 4.99 Å². The van der Waals surface area contributed by atoms with E-state index in [0.29, 0.717) is 11.4 Å². The lowest BCUT2D eigenvalue weighted by Gasteiger charge is -1.94. The molecule has 0 saturated carbocycles. The van der Waals surface area contributed by atoms with Crippen molar-refractivity contribution in [3.05, 3.63) is 58.5 Å². The molecule has 0 radical (unpaired) electrons. The fourth-order valence-electron chi connectivity index (χ4n) is 1.23. The lowest BCUT2D eigenvalue weighted by molar-refractivity contribution is -0.384. The number of furan rings is 1. The lowest BCUT2D eigenvalue weighted by Crippen LogP contribution is -1.87. The van der Waals surface area contributed by atoms with Crippen molar-refractivity contribution in [2.45, 2.75) is 0 Å². The van der Waals surface area contributed by atoms with E-state index in [-0.39, 0.29) is 5.69 Å². The van der Waals surface area contributed by atoms with Gasteiger partial charge < -0.3 is 4.42 Å². The zero-order chi connectivity index (χ0) is 11.4. The Morgan fingerprint density at radius 3 is 2.75 bits per heavy atom. The highest BCUT2D eigenvalue weighted by atomic mass is 16.6. The normalized spacial score (nSPS) is 10.8. The fourth-order valence-corrected chi connectivity index (χ4v) is 1.23. The molecular weight excluding hydrogens is 208 g/mol. The predicted molar refractivity (Wildman–Crippen MR) is 59.1 cm³/mol. The summed E-state index contributed by atoms with van der Waals surface area (Å²) in [6.45, 7) is 0. The number of aliphatic imine (C=N–C) groups is 1. The second-order valence-electron chi connectivity index (χ2n) is 3.02. The van der Waals surface area contributed by atoms with Crippen molar-refractivity contribution in [3.8, 4) is 0 Å². The van der Waals surface area contributed by atoms with E-state index in [1.165, 1.54) is 18.5 Å². The van der Waals surface area contributed by atoms with Crippen molar-refractivity contribution in [2.75, 3.05) is 0 Å². The molecule has 0 spiro atoms. The van der Waals surface area contributed by atoms with Gasteiger partial charge in [0.2, 0.25) is 0 Å². The van der Waals surface area contributed by atoms with Gasteiger partial charge in [-0.25, -0.2) is 4.99 Å². The van der Waals surface area contributed by atoms with E-state index in [9.17, 15) is 10.1 Å². The molecule has 16 heavy (non-hydrogen) atoms. The van der Waals surface area contributed by atoms with Crippen LogP contribution in [0.2, 0.25) is 0 Å². The number of nitro groups is 1. The summed E-state index contributed by atoms with van der Waals surface area (Å²) in [5.41, 5.74) is 0.286. The molecule has 2 aromatic rings. The smallest absolute Gasteiger partial charge is 0.294 e. The molecule has 0 aliphatic rings. The van der Waals surface area contributed by atoms with Crippen LogP contribution in [-0.2, 0) is 0 Å². The Hall–Kier alpha value is -2.43. The topological polar surface area (TPSA) is 68.6 Å². The molecule has 0 saturated heterocycles. The minimum absolute atomic E-state index is 0.0229. The van der Waals surface area contributed by atoms with Crippen LogP contribution in [0.4, 0.5) is 11.4 Å². The van der Waals surface area contributed by atoms with Gasteiger partial charge in [-0.3, -0.25) is 10.1 Å². The van der Waals surface area contributed by atoms with Gasteiger partial charge in [0.05, 0.1) is 17.4 Å². The second kappa shape index (κ2) is 4.39. The summed E-state index contributed by atoms with van der Waals surface area (Å²) in [5.74, 6) is 0.554. The molecule has 0 aliphatic carbocycles. The first-order valence-corrected chi connectivity index (χ1v) is 4.58. The van der Waals surface area contributed by atoms with Crippen LogP contribution in [0.5, 0.6) is 0 Å². The molecule has 0 unspecified atom stereocenters. The van der Waals surface area contributed by atoms with E-state index in [4.69, 9.17) is 4.42 Å². The molecule has 1 aromatic carbocycles. The monoisotopic (exact) mass is 216 g/mol. The number of nitrogens with zero attached hydrogens (tertiary/aromatic N) is 2. The SMILES string of the molecule is O=[N+]([O-])c1ccccc1N=Cc1ccco1. The number of hydrogen-bond acceptors (Lipinski definition) is 4. The Labute approximate surface area is 91.2 Å². The van der Waals surface area contributed by atoms with Crippen molar-refractivity contribution >= 4 is 17.6 Å². The maximum Gasteiger partial charge on any atom is 0.294 e. The van der Waals surface area contributed by atoms with Crippen LogP contribution in [0.3, 0.4) is 0 Å². The van der Waals surface area contributed by atoms with Gasteiger partial charge in [-0.15, -0.1) is 0 Å². The first kappa shape index (κ1) is 10.1. The molecule has 2 rings (SSSR count). The molecule has 1 aromatic heterocycles. The fraction of sp³-hybridized carbons (Fsp3) is 0. The Morgan fingerprint density at radius 1 is 1.25 bits per heavy atom. The van der Waals surface area contributed by atoms with Gasteiger partial charge in [-0.05, 0) is 18.2 Å². The second-order valence-corrected chi connectivity index (χ2v) is 3.02. The number of benzene rings is 1. The lowest BCUT2D eigenvalue weighted by atomic mass is 10.3. The van der Waals surface area contributed by atoms with Crippen molar-refractivity contribution in [1.82, 2.24) is 0 Å². The summed E-state index contributed by atoms with van der Waals surface area (Å²) in [7, 11) is 0. The maximum atomic E-state index is 10.7. The molecular formula is C11H8N2O3. The first-order chi connectivity index (χ1) is 7.77. The Morgan fingerprint density at radius 2 is 2.06 bits per heavy atom. The molecule has 5 nitrogen and oxygen atoms in total. The van der Waals surface area contributed by atoms with Crippen molar-refractivity contribution < 1.29 is 9.34 Å². The van der Waals surface area contributed by atoms with E-state index < -0.39 is 4.92 Å². The van der Waals surface area contributed by atoms with E-state index in [1.54, 1.807) is 30.3 Å². The van der Waals surface area contributed by atoms with Crippen LogP contribution in [0.25, 0.3) is 0 Å². The molecule has 1 heterocycles. The Bertz CT molecular complexity index is 518. The average Bonchev–Trinajstić information content (AvgIpc) is 2.79. The summed E-state index contributed by atoms with van der Waals surface area (Å²) in [6, 6.07) is 9.73. The largest absolute Gasteiger partial charge is 0.463 e. The third-order valence-corrected chi connectivity index (χ3v) is 1.95. The van der Waals surface area contributed by atoms with Gasteiger partial charge in [-0.2, -0.15) is 0 Å². The van der Waals surface area contributed by atoms with Crippen LogP contribution in [0.15, 0.2) is 52.1 Å². The highest BCUT2D eigenvalue weighted by molar-refractivity contribution is 5.80. The summed E-state index contributed by atoms with van der Waals surface area (Å²) in [4.78, 5) is 14.2. The van der Waals surface area contributed by atoms with E-state index in [0.717, 1.165) is 0 Å². The molecule has 80 valence electrons. The van der Waals surface area contributed by atoms with Crippen molar-refractivity contribution in [1.29, 1.82) is 0 Å². The Balaban J connectivity index is 2.31. The molecule has 0 N–H and O–H groups in total. The van der Waals surface area contributed by atoms with Gasteiger partial charge in [0, 0.05) is 6.07 Å². The zero-order valence-electron chi connectivity index (χ0n) is 8.24. The van der Waals surface area contributed by atoms with E-state index in [1.807, 2.05) is 0 Å². The average molecular weight is 216 g/mol. The van der Waals surface area contributed by atoms with Crippen LogP contribution >= 0.6 is 0 Å². The summed E-state index contributed by atoms with van der Waals surface area (Å²) in [5, 5.41) is 10.7. The quantitative estimate of drug-likeness (QED) is 0.450. The molecule has 5 heteroatoms. The van der Waals surface area contributed by atoms with E-state index >= 15 is 0 Å². The zero-order valence-corrected chi connectivity index (χ0v) is 8.24. The highest BCUT2D eigenvalue weighted by Crippen LogP contribution is 2.25. The predicted octanol–water partition coefficient (Wildman–Crippen LogP) is 2.94. The molecule has 0 bridgehead atoms. The molecule has 0 aliphatic heterocycles. The van der Waals surface area contributed by atoms with Gasteiger partial charge in [-0.1, -0.05) is 12.1 Å². The maximum absolute atomic E-state index is 10.7. The summed E-state index contributed by atoms with van der Waals surface area (Å²) < 4.78 is 5.04. The number of hydrogen-bond donors (Lipinski definition) is 0. The minimum atomic E-state index is -0.463. The van der Waals surface area contributed by atoms with Gasteiger partial charge >= 0.3 is 0 Å². The van der Waals surface area contributed by atoms with Crippen LogP contribution in [0, 0.1) is 10.1 Å².